The lowest BCUT2D eigenvalue weighted by atomic mass is 10.1. The number of hydrogen-bond acceptors (Lipinski definition) is 4. The summed E-state index contributed by atoms with van der Waals surface area (Å²) in [5.74, 6) is 0. The number of nitro groups is 1. The Kier molecular flexibility index (Phi) is 3.15. The zero-order valence-electron chi connectivity index (χ0n) is 9.60. The Labute approximate surface area is 109 Å². The maximum atomic E-state index is 12.6. The van der Waals surface area contributed by atoms with E-state index in [1.165, 1.54) is 18.2 Å². The quantitative estimate of drug-likeness (QED) is 0.676. The number of alkyl halides is 3. The Morgan fingerprint density at radius 3 is 2.35 bits per heavy atom. The van der Waals surface area contributed by atoms with Crippen molar-refractivity contribution in [2.24, 2.45) is 0 Å². The molecule has 0 spiro atoms. The molecule has 102 valence electrons. The molecule has 0 unspecified atom stereocenters. The number of aromatic nitrogens is 2. The smallest absolute Gasteiger partial charge is 0.276 e. The summed E-state index contributed by atoms with van der Waals surface area (Å²) in [4.78, 5) is 9.86. The zero-order valence-corrected chi connectivity index (χ0v) is 9.60. The molecule has 0 fully saturated rings. The van der Waals surface area contributed by atoms with Crippen molar-refractivity contribution in [2.75, 3.05) is 0 Å². The fourth-order valence-electron chi connectivity index (χ4n) is 1.61. The molecule has 1 heterocycles. The van der Waals surface area contributed by atoms with Crippen molar-refractivity contribution in [1.82, 2.24) is 10.2 Å². The highest BCUT2D eigenvalue weighted by molar-refractivity contribution is 5.68. The van der Waals surface area contributed by atoms with Gasteiger partial charge in [-0.15, -0.1) is 0 Å². The average molecular weight is 282 g/mol. The van der Waals surface area contributed by atoms with Crippen LogP contribution in [0.5, 0.6) is 0 Å². The third-order valence-corrected chi connectivity index (χ3v) is 2.51. The monoisotopic (exact) mass is 282 g/mol. The number of rotatable bonds is 2. The van der Waals surface area contributed by atoms with Gasteiger partial charge in [-0.2, -0.15) is 23.5 Å². The Bertz CT molecular complexity index is 698. The molecule has 1 aromatic carbocycles. The molecule has 1 N–H and O–H groups in total. The second-order valence-corrected chi connectivity index (χ2v) is 3.74. The fraction of sp³-hybridized carbons (Fsp3) is 0.0909. The summed E-state index contributed by atoms with van der Waals surface area (Å²) in [6.07, 6.45) is -4.75. The van der Waals surface area contributed by atoms with Gasteiger partial charge in [0.25, 0.3) is 5.69 Å². The molecule has 0 atom stereocenters. The molecule has 2 aromatic rings. The molecule has 9 heteroatoms. The van der Waals surface area contributed by atoms with E-state index in [-0.39, 0.29) is 16.9 Å². The number of halogens is 3. The van der Waals surface area contributed by atoms with E-state index in [0.717, 1.165) is 12.1 Å². The molecule has 0 radical (unpaired) electrons. The van der Waals surface area contributed by atoms with Crippen LogP contribution in [0.25, 0.3) is 11.3 Å². The van der Waals surface area contributed by atoms with Crippen LogP contribution in [-0.4, -0.2) is 15.1 Å². The molecule has 2 rings (SSSR count). The van der Waals surface area contributed by atoms with Crippen molar-refractivity contribution < 1.29 is 18.1 Å². The van der Waals surface area contributed by atoms with E-state index in [0.29, 0.717) is 0 Å². The average Bonchev–Trinajstić information content (AvgIpc) is 2.82. The topological polar surface area (TPSA) is 95.6 Å². The zero-order chi connectivity index (χ0) is 14.9. The molecule has 6 nitrogen and oxygen atoms in total. The van der Waals surface area contributed by atoms with E-state index in [1.807, 2.05) is 0 Å². The fourth-order valence-corrected chi connectivity index (χ4v) is 1.61. The lowest BCUT2D eigenvalue weighted by molar-refractivity contribution is -0.384. The van der Waals surface area contributed by atoms with Crippen molar-refractivity contribution in [1.29, 1.82) is 5.26 Å². The van der Waals surface area contributed by atoms with Gasteiger partial charge < -0.3 is 0 Å². The molecule has 0 aliphatic rings. The number of nitro benzene ring substituents is 1. The summed E-state index contributed by atoms with van der Waals surface area (Å²) >= 11 is 0. The number of nitrogens with one attached hydrogen (secondary N) is 1. The summed E-state index contributed by atoms with van der Waals surface area (Å²) in [7, 11) is 0. The van der Waals surface area contributed by atoms with Gasteiger partial charge >= 0.3 is 6.18 Å². The highest BCUT2D eigenvalue weighted by Crippen LogP contribution is 2.34. The maximum Gasteiger partial charge on any atom is 0.436 e. The van der Waals surface area contributed by atoms with Gasteiger partial charge in [0.2, 0.25) is 0 Å². The summed E-state index contributed by atoms with van der Waals surface area (Å²) in [5.41, 5.74) is -2.09. The molecule has 0 saturated heterocycles. The Morgan fingerprint density at radius 2 is 1.90 bits per heavy atom. The number of aromatic amines is 1. The minimum Gasteiger partial charge on any atom is -0.276 e. The van der Waals surface area contributed by atoms with Crippen LogP contribution in [-0.2, 0) is 6.18 Å². The van der Waals surface area contributed by atoms with E-state index < -0.39 is 22.4 Å². The van der Waals surface area contributed by atoms with Crippen LogP contribution in [0.2, 0.25) is 0 Å². The summed E-state index contributed by atoms with van der Waals surface area (Å²) in [5, 5.41) is 24.5. The van der Waals surface area contributed by atoms with Gasteiger partial charge in [-0.3, -0.25) is 15.2 Å². The van der Waals surface area contributed by atoms with Gasteiger partial charge in [-0.25, -0.2) is 0 Å². The number of nitriles is 1. The first-order chi connectivity index (χ1) is 9.34. The normalized spacial score (nSPS) is 11.1. The first kappa shape index (κ1) is 13.5. The Balaban J connectivity index is 2.51. The highest BCUT2D eigenvalue weighted by Gasteiger charge is 2.38. The largest absolute Gasteiger partial charge is 0.436 e. The molecule has 0 bridgehead atoms. The lowest BCUT2D eigenvalue weighted by Gasteiger charge is -2.02. The predicted molar refractivity (Wildman–Crippen MR) is 60.4 cm³/mol. The van der Waals surface area contributed by atoms with E-state index in [2.05, 4.69) is 10.2 Å². The molecular formula is C11H5F3N4O2. The van der Waals surface area contributed by atoms with Gasteiger partial charge in [0.15, 0.2) is 5.69 Å². The highest BCUT2D eigenvalue weighted by atomic mass is 19.4. The van der Waals surface area contributed by atoms with E-state index >= 15 is 0 Å². The van der Waals surface area contributed by atoms with Crippen LogP contribution < -0.4 is 0 Å². The van der Waals surface area contributed by atoms with Gasteiger partial charge in [-0.1, -0.05) is 0 Å². The molecule has 0 saturated carbocycles. The first-order valence-electron chi connectivity index (χ1n) is 5.15. The lowest BCUT2D eigenvalue weighted by Crippen LogP contribution is -2.07. The van der Waals surface area contributed by atoms with Gasteiger partial charge in [0, 0.05) is 17.7 Å². The Hall–Kier alpha value is -2.89. The maximum absolute atomic E-state index is 12.6. The molecule has 1 aromatic heterocycles. The van der Waals surface area contributed by atoms with Crippen LogP contribution in [0.1, 0.15) is 11.3 Å². The van der Waals surface area contributed by atoms with Crippen LogP contribution in [0.15, 0.2) is 24.3 Å². The Morgan fingerprint density at radius 1 is 1.30 bits per heavy atom. The van der Waals surface area contributed by atoms with Crippen molar-refractivity contribution >= 4 is 5.69 Å². The van der Waals surface area contributed by atoms with Crippen molar-refractivity contribution in [3.8, 4) is 17.3 Å². The van der Waals surface area contributed by atoms with E-state index in [4.69, 9.17) is 5.26 Å². The van der Waals surface area contributed by atoms with Crippen LogP contribution >= 0.6 is 0 Å². The molecular weight excluding hydrogens is 277 g/mol. The van der Waals surface area contributed by atoms with Crippen LogP contribution in [0.4, 0.5) is 18.9 Å². The minimum atomic E-state index is -4.75. The van der Waals surface area contributed by atoms with Gasteiger partial charge in [0.1, 0.15) is 11.6 Å². The van der Waals surface area contributed by atoms with Crippen LogP contribution in [0, 0.1) is 21.4 Å². The number of hydrogen-bond donors (Lipinski definition) is 1. The molecule has 20 heavy (non-hydrogen) atoms. The first-order valence-corrected chi connectivity index (χ1v) is 5.15. The summed E-state index contributed by atoms with van der Waals surface area (Å²) in [6, 6.07) is 6.18. The van der Waals surface area contributed by atoms with Gasteiger partial charge in [-0.05, 0) is 12.1 Å². The summed E-state index contributed by atoms with van der Waals surface area (Å²) < 4.78 is 37.8. The summed E-state index contributed by atoms with van der Waals surface area (Å²) in [6.45, 7) is 0. The molecule has 0 aliphatic carbocycles. The van der Waals surface area contributed by atoms with E-state index in [9.17, 15) is 23.3 Å². The van der Waals surface area contributed by atoms with E-state index in [1.54, 1.807) is 0 Å². The third-order valence-electron chi connectivity index (χ3n) is 2.51. The van der Waals surface area contributed by atoms with Crippen molar-refractivity contribution in [3.05, 3.63) is 45.6 Å². The minimum absolute atomic E-state index is 0.130. The number of non-ortho nitro benzene ring substituents is 1. The second kappa shape index (κ2) is 4.65. The predicted octanol–water partition coefficient (Wildman–Crippen LogP) is 2.88. The SMILES string of the molecule is N#Cc1c(C(F)(F)F)n[nH]c1-c1ccc([N+](=O)[O-])cc1. The number of nitrogens with zero attached hydrogens (tertiary/aromatic N) is 3. The third kappa shape index (κ3) is 2.31. The molecule has 0 amide bonds. The van der Waals surface area contributed by atoms with Crippen molar-refractivity contribution in [3.63, 3.8) is 0 Å². The number of H-pyrrole nitrogens is 1. The standard InChI is InChI=1S/C11H5F3N4O2/c12-11(13,14)10-8(5-15)9(16-17-10)6-1-3-7(4-2-6)18(19)20/h1-4H,(H,16,17). The van der Waals surface area contributed by atoms with Gasteiger partial charge in [0.05, 0.1) is 10.6 Å². The molecule has 0 aliphatic heterocycles. The second-order valence-electron chi connectivity index (χ2n) is 3.74. The van der Waals surface area contributed by atoms with Crippen LogP contribution in [0.3, 0.4) is 0 Å². The number of benzene rings is 1. The van der Waals surface area contributed by atoms with Crippen molar-refractivity contribution in [2.45, 2.75) is 6.18 Å².